The van der Waals surface area contributed by atoms with Crippen molar-refractivity contribution in [2.24, 2.45) is 0 Å². The zero-order chi connectivity index (χ0) is 22.1. The van der Waals surface area contributed by atoms with Gasteiger partial charge in [0, 0.05) is 6.07 Å². The summed E-state index contributed by atoms with van der Waals surface area (Å²) >= 11 is 0. The van der Waals surface area contributed by atoms with Crippen LogP contribution in [0.3, 0.4) is 0 Å². The maximum atomic E-state index is 12.6. The van der Waals surface area contributed by atoms with Gasteiger partial charge in [0.25, 0.3) is 5.91 Å². The fourth-order valence-corrected chi connectivity index (χ4v) is 3.16. The molecule has 0 aliphatic carbocycles. The molecule has 1 N–H and O–H groups in total. The molecule has 31 heavy (non-hydrogen) atoms. The smallest absolute Gasteiger partial charge is 0.338 e. The van der Waals surface area contributed by atoms with Gasteiger partial charge in [-0.2, -0.15) is 0 Å². The van der Waals surface area contributed by atoms with E-state index in [0.29, 0.717) is 17.9 Å². The van der Waals surface area contributed by atoms with E-state index in [4.69, 9.17) is 14.2 Å². The van der Waals surface area contributed by atoms with Gasteiger partial charge in [0.05, 0.1) is 25.8 Å². The summed E-state index contributed by atoms with van der Waals surface area (Å²) < 4.78 is 15.5. The molecule has 0 aliphatic rings. The SMILES string of the molecule is COc1cc(OC)cc(C(=O)OCC(=O)N[C@H](Cc2ccccc2)c2ccccc2)c1. The molecule has 0 spiro atoms. The number of hydrogen-bond donors (Lipinski definition) is 1. The quantitative estimate of drug-likeness (QED) is 0.532. The lowest BCUT2D eigenvalue weighted by Gasteiger charge is -2.19. The predicted molar refractivity (Wildman–Crippen MR) is 117 cm³/mol. The first-order chi connectivity index (χ1) is 15.1. The van der Waals surface area contributed by atoms with Gasteiger partial charge >= 0.3 is 5.97 Å². The zero-order valence-corrected chi connectivity index (χ0v) is 17.5. The largest absolute Gasteiger partial charge is 0.497 e. The van der Waals surface area contributed by atoms with E-state index < -0.39 is 12.6 Å². The van der Waals surface area contributed by atoms with E-state index in [9.17, 15) is 9.59 Å². The maximum absolute atomic E-state index is 12.6. The maximum Gasteiger partial charge on any atom is 0.338 e. The first kappa shape index (κ1) is 21.9. The molecule has 1 amide bonds. The Morgan fingerprint density at radius 3 is 2.00 bits per heavy atom. The van der Waals surface area contributed by atoms with E-state index in [0.717, 1.165) is 11.1 Å². The third-order valence-corrected chi connectivity index (χ3v) is 4.74. The van der Waals surface area contributed by atoms with Gasteiger partial charge in [-0.25, -0.2) is 4.79 Å². The topological polar surface area (TPSA) is 73.9 Å². The minimum Gasteiger partial charge on any atom is -0.497 e. The van der Waals surface area contributed by atoms with Crippen molar-refractivity contribution in [3.63, 3.8) is 0 Å². The Kier molecular flexibility index (Phi) is 7.65. The number of benzene rings is 3. The van der Waals surface area contributed by atoms with Gasteiger partial charge in [-0.05, 0) is 29.7 Å². The highest BCUT2D eigenvalue weighted by atomic mass is 16.5. The Labute approximate surface area is 181 Å². The fourth-order valence-electron chi connectivity index (χ4n) is 3.16. The average molecular weight is 419 g/mol. The van der Waals surface area contributed by atoms with Gasteiger partial charge in [-0.3, -0.25) is 4.79 Å². The molecular weight excluding hydrogens is 394 g/mol. The van der Waals surface area contributed by atoms with E-state index in [1.54, 1.807) is 6.07 Å². The average Bonchev–Trinajstić information content (AvgIpc) is 2.83. The van der Waals surface area contributed by atoms with Gasteiger partial charge in [-0.15, -0.1) is 0 Å². The van der Waals surface area contributed by atoms with Crippen molar-refractivity contribution >= 4 is 11.9 Å². The monoisotopic (exact) mass is 419 g/mol. The van der Waals surface area contributed by atoms with Crippen LogP contribution in [-0.2, 0) is 16.0 Å². The van der Waals surface area contributed by atoms with Crippen molar-refractivity contribution in [1.29, 1.82) is 0 Å². The van der Waals surface area contributed by atoms with Crippen molar-refractivity contribution in [3.05, 3.63) is 95.6 Å². The summed E-state index contributed by atoms with van der Waals surface area (Å²) in [5.41, 5.74) is 2.31. The van der Waals surface area contributed by atoms with Gasteiger partial charge in [0.1, 0.15) is 11.5 Å². The molecular formula is C25H25NO5. The summed E-state index contributed by atoms with van der Waals surface area (Å²) in [6, 6.07) is 24.1. The second kappa shape index (κ2) is 10.8. The third kappa shape index (κ3) is 6.34. The van der Waals surface area contributed by atoms with Crippen molar-refractivity contribution in [2.45, 2.75) is 12.5 Å². The predicted octanol–water partition coefficient (Wildman–Crippen LogP) is 3.96. The number of esters is 1. The van der Waals surface area contributed by atoms with Crippen LogP contribution in [0.2, 0.25) is 0 Å². The van der Waals surface area contributed by atoms with Gasteiger partial charge < -0.3 is 19.5 Å². The summed E-state index contributed by atoms with van der Waals surface area (Å²) in [7, 11) is 2.99. The molecule has 0 saturated heterocycles. The summed E-state index contributed by atoms with van der Waals surface area (Å²) in [6.07, 6.45) is 0.623. The van der Waals surface area contributed by atoms with Crippen molar-refractivity contribution < 1.29 is 23.8 Å². The normalized spacial score (nSPS) is 11.3. The Bertz CT molecular complexity index is 983. The lowest BCUT2D eigenvalue weighted by atomic mass is 9.99. The Hall–Kier alpha value is -3.80. The molecule has 3 aromatic carbocycles. The molecule has 3 rings (SSSR count). The number of methoxy groups -OCH3 is 2. The van der Waals surface area contributed by atoms with E-state index in [1.807, 2.05) is 60.7 Å². The van der Waals surface area contributed by atoms with Gasteiger partial charge in [0.2, 0.25) is 0 Å². The number of ether oxygens (including phenoxy) is 3. The van der Waals surface area contributed by atoms with E-state index in [2.05, 4.69) is 5.32 Å². The molecule has 1 atom stereocenters. The lowest BCUT2D eigenvalue weighted by molar-refractivity contribution is -0.125. The van der Waals surface area contributed by atoms with E-state index in [-0.39, 0.29) is 17.5 Å². The first-order valence-corrected chi connectivity index (χ1v) is 9.87. The van der Waals surface area contributed by atoms with Crippen LogP contribution in [0.15, 0.2) is 78.9 Å². The number of hydrogen-bond acceptors (Lipinski definition) is 5. The zero-order valence-electron chi connectivity index (χ0n) is 17.5. The summed E-state index contributed by atoms with van der Waals surface area (Å²) in [6.45, 7) is -0.392. The fraction of sp³-hybridized carbons (Fsp3) is 0.200. The standard InChI is InChI=1S/C25H25NO5/c1-29-21-14-20(15-22(16-21)30-2)25(28)31-17-24(27)26-23(19-11-7-4-8-12-19)13-18-9-5-3-6-10-18/h3-12,14-16,23H,13,17H2,1-2H3,(H,26,27)/t23-/m1/s1. The number of nitrogens with one attached hydrogen (secondary N) is 1. The summed E-state index contributed by atoms with van der Waals surface area (Å²) in [5, 5.41) is 2.97. The number of carbonyl (C=O) groups is 2. The Morgan fingerprint density at radius 2 is 1.42 bits per heavy atom. The molecule has 0 unspecified atom stereocenters. The Morgan fingerprint density at radius 1 is 0.839 bits per heavy atom. The van der Waals surface area contributed by atoms with Crippen molar-refractivity contribution in [2.75, 3.05) is 20.8 Å². The van der Waals surface area contributed by atoms with Crippen LogP contribution < -0.4 is 14.8 Å². The van der Waals surface area contributed by atoms with E-state index in [1.165, 1.54) is 26.4 Å². The highest BCUT2D eigenvalue weighted by Gasteiger charge is 2.18. The Balaban J connectivity index is 1.65. The first-order valence-electron chi connectivity index (χ1n) is 9.87. The second-order valence-electron chi connectivity index (χ2n) is 6.90. The summed E-state index contributed by atoms with van der Waals surface area (Å²) in [5.74, 6) is -0.0924. The molecule has 0 radical (unpaired) electrons. The summed E-state index contributed by atoms with van der Waals surface area (Å²) in [4.78, 5) is 25.0. The molecule has 160 valence electrons. The molecule has 6 heteroatoms. The minimum atomic E-state index is -0.633. The van der Waals surface area contributed by atoms with Gasteiger partial charge in [-0.1, -0.05) is 60.7 Å². The van der Waals surface area contributed by atoms with Crippen LogP contribution in [0.1, 0.15) is 27.5 Å². The molecule has 0 bridgehead atoms. The van der Waals surface area contributed by atoms with Gasteiger partial charge in [0.15, 0.2) is 6.61 Å². The number of rotatable bonds is 9. The molecule has 0 saturated carbocycles. The molecule has 0 aromatic heterocycles. The second-order valence-corrected chi connectivity index (χ2v) is 6.90. The van der Waals surface area contributed by atoms with Crippen molar-refractivity contribution in [3.8, 4) is 11.5 Å². The van der Waals surface area contributed by atoms with E-state index >= 15 is 0 Å². The molecule has 0 aliphatic heterocycles. The van der Waals surface area contributed by atoms with Crippen LogP contribution in [0, 0.1) is 0 Å². The molecule has 3 aromatic rings. The number of amides is 1. The molecule has 0 heterocycles. The third-order valence-electron chi connectivity index (χ3n) is 4.74. The minimum absolute atomic E-state index is 0.243. The van der Waals surface area contributed by atoms with Crippen LogP contribution in [0.4, 0.5) is 0 Å². The number of carbonyl (C=O) groups excluding carboxylic acids is 2. The highest BCUT2D eigenvalue weighted by molar-refractivity contribution is 5.92. The highest BCUT2D eigenvalue weighted by Crippen LogP contribution is 2.23. The molecule has 0 fully saturated rings. The van der Waals surface area contributed by atoms with Crippen molar-refractivity contribution in [1.82, 2.24) is 5.32 Å². The lowest BCUT2D eigenvalue weighted by Crippen LogP contribution is -2.33. The van der Waals surface area contributed by atoms with Crippen LogP contribution in [0.5, 0.6) is 11.5 Å². The van der Waals surface area contributed by atoms with Crippen LogP contribution in [-0.4, -0.2) is 32.7 Å². The van der Waals surface area contributed by atoms with Crippen LogP contribution >= 0.6 is 0 Å². The molecule has 6 nitrogen and oxygen atoms in total. The van der Waals surface area contributed by atoms with Crippen LogP contribution in [0.25, 0.3) is 0 Å².